The van der Waals surface area contributed by atoms with E-state index in [2.05, 4.69) is 14.3 Å². The van der Waals surface area contributed by atoms with Crippen molar-refractivity contribution in [1.29, 1.82) is 0 Å². The second-order valence-electron chi connectivity index (χ2n) is 6.76. The van der Waals surface area contributed by atoms with Gasteiger partial charge in [0.05, 0.1) is 11.4 Å². The molecule has 2 aromatic heterocycles. The van der Waals surface area contributed by atoms with Gasteiger partial charge in [-0.3, -0.25) is 4.72 Å². The zero-order valence-corrected chi connectivity index (χ0v) is 16.3. The predicted molar refractivity (Wildman–Crippen MR) is 104 cm³/mol. The molecule has 0 aliphatic carbocycles. The number of nitrogens with zero attached hydrogens (tertiary/aromatic N) is 4. The summed E-state index contributed by atoms with van der Waals surface area (Å²) in [6.45, 7) is 5.38. The maximum absolute atomic E-state index is 12.8. The zero-order chi connectivity index (χ0) is 19.0. The highest BCUT2D eigenvalue weighted by Crippen LogP contribution is 2.30. The summed E-state index contributed by atoms with van der Waals surface area (Å²) in [6, 6.07) is 7.35. The van der Waals surface area contributed by atoms with Crippen LogP contribution in [0.3, 0.4) is 0 Å². The van der Waals surface area contributed by atoms with Gasteiger partial charge in [0.2, 0.25) is 0 Å². The van der Waals surface area contributed by atoms with E-state index in [4.69, 9.17) is 4.98 Å². The summed E-state index contributed by atoms with van der Waals surface area (Å²) in [5.41, 5.74) is 2.08. The van der Waals surface area contributed by atoms with E-state index in [9.17, 15) is 8.42 Å². The highest BCUT2D eigenvalue weighted by atomic mass is 32.2. The molecule has 3 heterocycles. The van der Waals surface area contributed by atoms with Gasteiger partial charge < -0.3 is 9.13 Å². The molecule has 3 aromatic rings. The average Bonchev–Trinajstić information content (AvgIpc) is 3.25. The Morgan fingerprint density at radius 3 is 2.70 bits per heavy atom. The molecule has 0 fully saturated rings. The summed E-state index contributed by atoms with van der Waals surface area (Å²) in [6.07, 6.45) is 6.83. The quantitative estimate of drug-likeness (QED) is 0.731. The molecular formula is C19H23N5O2S. The van der Waals surface area contributed by atoms with Crippen LogP contribution in [0.5, 0.6) is 0 Å². The van der Waals surface area contributed by atoms with Crippen molar-refractivity contribution in [2.45, 2.75) is 51.2 Å². The molecule has 0 saturated heterocycles. The number of benzene rings is 1. The molecule has 0 radical (unpaired) electrons. The van der Waals surface area contributed by atoms with E-state index < -0.39 is 10.0 Å². The van der Waals surface area contributed by atoms with Crippen LogP contribution in [-0.4, -0.2) is 27.5 Å². The summed E-state index contributed by atoms with van der Waals surface area (Å²) in [5.74, 6) is 1.74. The van der Waals surface area contributed by atoms with Gasteiger partial charge in [0.15, 0.2) is 5.03 Å². The number of aryl methyl sites for hydroxylation is 4. The number of imidazole rings is 2. The maximum atomic E-state index is 12.8. The molecule has 0 saturated carbocycles. The maximum Gasteiger partial charge on any atom is 0.280 e. The van der Waals surface area contributed by atoms with Gasteiger partial charge in [-0.25, -0.2) is 9.97 Å². The highest BCUT2D eigenvalue weighted by Gasteiger charge is 2.22. The first kappa shape index (κ1) is 17.8. The van der Waals surface area contributed by atoms with E-state index in [0.717, 1.165) is 42.9 Å². The lowest BCUT2D eigenvalue weighted by atomic mass is 10.1. The third-order valence-corrected chi connectivity index (χ3v) is 6.16. The van der Waals surface area contributed by atoms with Crippen molar-refractivity contribution in [3.8, 4) is 11.3 Å². The largest absolute Gasteiger partial charge is 0.334 e. The standard InChI is InChI=1S/C19H23N5O2S/c1-3-23-13-19(20-14(23)2)27(25,26)22-16-9-5-4-8-15(16)17-12-24-11-7-6-10-18(24)21-17/h4-5,8-9,12-13,22H,3,6-7,10-11H2,1-2H3. The highest BCUT2D eigenvalue weighted by molar-refractivity contribution is 7.92. The Kier molecular flexibility index (Phi) is 4.51. The Hall–Kier alpha value is -2.61. The van der Waals surface area contributed by atoms with Crippen LogP contribution in [0.2, 0.25) is 0 Å². The smallest absolute Gasteiger partial charge is 0.280 e. The topological polar surface area (TPSA) is 81.8 Å². The van der Waals surface area contributed by atoms with Crippen LogP contribution in [0.15, 0.2) is 41.7 Å². The van der Waals surface area contributed by atoms with Gasteiger partial charge in [0, 0.05) is 37.5 Å². The van der Waals surface area contributed by atoms with Gasteiger partial charge in [-0.15, -0.1) is 0 Å². The number of anilines is 1. The molecule has 1 N–H and O–H groups in total. The fourth-order valence-electron chi connectivity index (χ4n) is 3.46. The molecule has 0 atom stereocenters. The monoisotopic (exact) mass is 385 g/mol. The van der Waals surface area contributed by atoms with Crippen molar-refractivity contribution in [3.63, 3.8) is 0 Å². The first-order chi connectivity index (χ1) is 13.0. The number of sulfonamides is 1. The Bertz CT molecular complexity index is 1060. The number of rotatable bonds is 5. The Morgan fingerprint density at radius 1 is 1.15 bits per heavy atom. The van der Waals surface area contributed by atoms with Crippen molar-refractivity contribution < 1.29 is 8.42 Å². The minimum absolute atomic E-state index is 0.0285. The lowest BCUT2D eigenvalue weighted by Crippen LogP contribution is -2.14. The van der Waals surface area contributed by atoms with Gasteiger partial charge in [-0.2, -0.15) is 8.42 Å². The molecule has 8 heteroatoms. The van der Waals surface area contributed by atoms with Gasteiger partial charge in [0.25, 0.3) is 10.0 Å². The summed E-state index contributed by atoms with van der Waals surface area (Å²) >= 11 is 0. The van der Waals surface area contributed by atoms with E-state index in [1.54, 1.807) is 19.2 Å². The van der Waals surface area contributed by atoms with Crippen LogP contribution in [-0.2, 0) is 29.5 Å². The van der Waals surface area contributed by atoms with Crippen molar-refractivity contribution in [2.24, 2.45) is 0 Å². The number of hydrogen-bond donors (Lipinski definition) is 1. The predicted octanol–water partition coefficient (Wildman–Crippen LogP) is 3.21. The zero-order valence-electron chi connectivity index (χ0n) is 15.5. The molecule has 0 bridgehead atoms. The van der Waals surface area contributed by atoms with Gasteiger partial charge in [-0.1, -0.05) is 18.2 Å². The molecule has 1 aliphatic rings. The molecule has 0 amide bonds. The second kappa shape index (κ2) is 6.84. The van der Waals surface area contributed by atoms with Gasteiger partial charge >= 0.3 is 0 Å². The lowest BCUT2D eigenvalue weighted by molar-refractivity contribution is 0.522. The van der Waals surface area contributed by atoms with E-state index in [1.165, 1.54) is 0 Å². The SMILES string of the molecule is CCn1cc(S(=O)(=O)Nc2ccccc2-c2cn3c(n2)CCCC3)nc1C. The van der Waals surface area contributed by atoms with Crippen LogP contribution in [0.1, 0.15) is 31.4 Å². The fourth-order valence-corrected chi connectivity index (χ4v) is 4.55. The van der Waals surface area contributed by atoms with Crippen LogP contribution in [0.4, 0.5) is 5.69 Å². The minimum Gasteiger partial charge on any atom is -0.334 e. The van der Waals surface area contributed by atoms with Crippen LogP contribution in [0, 0.1) is 6.92 Å². The minimum atomic E-state index is -3.77. The van der Waals surface area contributed by atoms with Gasteiger partial charge in [0.1, 0.15) is 11.6 Å². The molecule has 0 spiro atoms. The fraction of sp³-hybridized carbons (Fsp3) is 0.368. The molecule has 0 unspecified atom stereocenters. The van der Waals surface area contributed by atoms with Crippen molar-refractivity contribution in [2.75, 3.05) is 4.72 Å². The Balaban J connectivity index is 1.69. The van der Waals surface area contributed by atoms with Crippen LogP contribution >= 0.6 is 0 Å². The molecule has 1 aromatic carbocycles. The normalized spacial score (nSPS) is 14.1. The number of para-hydroxylation sites is 1. The summed E-state index contributed by atoms with van der Waals surface area (Å²) < 4.78 is 32.4. The molecule has 27 heavy (non-hydrogen) atoms. The molecule has 7 nitrogen and oxygen atoms in total. The second-order valence-corrected chi connectivity index (χ2v) is 8.39. The van der Waals surface area contributed by atoms with Crippen molar-refractivity contribution in [1.82, 2.24) is 19.1 Å². The summed E-state index contributed by atoms with van der Waals surface area (Å²) in [5, 5.41) is 0.0285. The van der Waals surface area contributed by atoms with Crippen molar-refractivity contribution >= 4 is 15.7 Å². The van der Waals surface area contributed by atoms with Gasteiger partial charge in [-0.05, 0) is 32.8 Å². The molecule has 142 valence electrons. The van der Waals surface area contributed by atoms with Crippen LogP contribution < -0.4 is 4.72 Å². The molecule has 4 rings (SSSR count). The summed E-state index contributed by atoms with van der Waals surface area (Å²) in [4.78, 5) is 8.92. The number of nitrogens with one attached hydrogen (secondary N) is 1. The number of hydrogen-bond acceptors (Lipinski definition) is 4. The number of aromatic nitrogens is 4. The Morgan fingerprint density at radius 2 is 1.96 bits per heavy atom. The van der Waals surface area contributed by atoms with Crippen molar-refractivity contribution in [3.05, 3.63) is 48.3 Å². The first-order valence-corrected chi connectivity index (χ1v) is 10.7. The average molecular weight is 385 g/mol. The summed E-state index contributed by atoms with van der Waals surface area (Å²) in [7, 11) is -3.77. The third kappa shape index (κ3) is 3.37. The van der Waals surface area contributed by atoms with E-state index in [1.807, 2.05) is 35.9 Å². The molecule has 1 aliphatic heterocycles. The van der Waals surface area contributed by atoms with E-state index in [-0.39, 0.29) is 5.03 Å². The lowest BCUT2D eigenvalue weighted by Gasteiger charge is -2.11. The first-order valence-electron chi connectivity index (χ1n) is 9.20. The third-order valence-electron chi connectivity index (χ3n) is 4.93. The van der Waals surface area contributed by atoms with Crippen LogP contribution in [0.25, 0.3) is 11.3 Å². The Labute approximate surface area is 159 Å². The van der Waals surface area contributed by atoms with E-state index >= 15 is 0 Å². The number of fused-ring (bicyclic) bond motifs is 1. The molecular weight excluding hydrogens is 362 g/mol. The van der Waals surface area contributed by atoms with E-state index in [0.29, 0.717) is 18.1 Å².